The minimum Gasteiger partial charge on any atom is -0.464 e. The maximum absolute atomic E-state index is 14.1. The normalized spacial score (nSPS) is 23.7. The number of carbonyl (C=O) groups is 3. The zero-order chi connectivity index (χ0) is 43.0. The number of rotatable bonds is 5. The monoisotopic (exact) mass is 853 g/mol. The van der Waals surface area contributed by atoms with Crippen LogP contribution in [-0.4, -0.2) is 119 Å². The molecule has 0 radical (unpaired) electrons. The van der Waals surface area contributed by atoms with E-state index in [-0.39, 0.29) is 31.1 Å². The molecule has 0 aliphatic carbocycles. The Morgan fingerprint density at radius 1 is 1.03 bits per heavy atom. The molecule has 61 heavy (non-hydrogen) atoms. The van der Waals surface area contributed by atoms with Gasteiger partial charge in [0.2, 0.25) is 0 Å². The molecular weight excluding hydrogens is 791 g/mol. The lowest BCUT2D eigenvalue weighted by atomic mass is 9.84. The standard InChI is InChI=1S/C43H55N9O5S.C3H8/c1-6-49-23-35-38-26-11-12-32-29(17-26)31(39(45-32)30-18-28(21-44-37(30)25(2)56-5)51-16-15-50-13-7-9-27(50)22-51)20-43(3,4)24-57-41(54)33-10-8-14-52(48-33)40(53)34(46-42(49)55)19-36(47-38)58-35;1-3-2/h11-12,17-18,21,25,27,33-34,45,48H,6-10,13-16,19-20,22-24H2,1-5H3,(H,46,55);3H2,1-2H3. The number of methoxy groups -OCH3 is 1. The van der Waals surface area contributed by atoms with Crippen LogP contribution in [0.1, 0.15) is 101 Å². The fourth-order valence-electron chi connectivity index (χ4n) is 9.44. The number of benzene rings is 1. The molecule has 4 atom stereocenters. The zero-order valence-electron chi connectivity index (χ0n) is 36.9. The third-order valence-electron chi connectivity index (χ3n) is 12.8. The van der Waals surface area contributed by atoms with Gasteiger partial charge in [0, 0.05) is 79.7 Å². The van der Waals surface area contributed by atoms with Gasteiger partial charge in [0.1, 0.15) is 12.1 Å². The molecule has 5 aliphatic rings. The quantitative estimate of drug-likeness (QED) is 0.183. The highest BCUT2D eigenvalue weighted by Gasteiger charge is 2.37. The number of cyclic esters (lactones) is 1. The van der Waals surface area contributed by atoms with Crippen molar-refractivity contribution in [2.24, 2.45) is 5.41 Å². The summed E-state index contributed by atoms with van der Waals surface area (Å²) in [6.45, 7) is 18.1. The molecule has 3 fully saturated rings. The van der Waals surface area contributed by atoms with Gasteiger partial charge in [-0.3, -0.25) is 24.5 Å². The fraction of sp³-hybridized carbons (Fsp3) is 0.587. The van der Waals surface area contributed by atoms with E-state index in [2.05, 4.69) is 77.5 Å². The number of piperazine rings is 1. The van der Waals surface area contributed by atoms with E-state index in [0.29, 0.717) is 44.9 Å². The number of fused-ring (bicyclic) bond motifs is 9. The Bertz CT molecular complexity index is 2250. The van der Waals surface area contributed by atoms with E-state index in [1.54, 1.807) is 23.3 Å². The third kappa shape index (κ3) is 8.89. The molecular formula is C46H63N9O5S. The van der Waals surface area contributed by atoms with Crippen LogP contribution in [0.3, 0.4) is 0 Å². The van der Waals surface area contributed by atoms with Crippen molar-refractivity contribution in [2.75, 3.05) is 57.9 Å². The maximum Gasteiger partial charge on any atom is 0.324 e. The number of amides is 3. The van der Waals surface area contributed by atoms with E-state index < -0.39 is 23.5 Å². The summed E-state index contributed by atoms with van der Waals surface area (Å²) in [4.78, 5) is 63.4. The van der Waals surface area contributed by atoms with Crippen molar-refractivity contribution < 1.29 is 23.9 Å². The lowest BCUT2D eigenvalue weighted by Gasteiger charge is -2.39. The molecule has 3 aromatic heterocycles. The van der Waals surface area contributed by atoms with Crippen LogP contribution >= 0.6 is 11.3 Å². The number of nitrogens with zero attached hydrogens (tertiary/aromatic N) is 6. The third-order valence-corrected chi connectivity index (χ3v) is 13.8. The number of nitrogens with one attached hydrogen (secondary N) is 3. The van der Waals surface area contributed by atoms with Gasteiger partial charge in [-0.15, -0.1) is 11.3 Å². The zero-order valence-corrected chi connectivity index (χ0v) is 37.8. The summed E-state index contributed by atoms with van der Waals surface area (Å²) in [5, 5.41) is 6.29. The summed E-state index contributed by atoms with van der Waals surface area (Å²) in [5.74, 6) is -0.690. The minimum atomic E-state index is -0.858. The van der Waals surface area contributed by atoms with Crippen LogP contribution in [0, 0.1) is 5.41 Å². The minimum absolute atomic E-state index is 0.181. The number of aromatic amines is 1. The van der Waals surface area contributed by atoms with Gasteiger partial charge in [-0.2, -0.15) is 0 Å². The number of hydrazine groups is 1. The lowest BCUT2D eigenvalue weighted by molar-refractivity contribution is -0.155. The number of hydrogen-bond donors (Lipinski definition) is 3. The molecule has 3 N–H and O–H groups in total. The first-order valence-corrected chi connectivity index (χ1v) is 23.2. The Morgan fingerprint density at radius 2 is 1.84 bits per heavy atom. The van der Waals surface area contributed by atoms with Crippen molar-refractivity contribution >= 4 is 45.8 Å². The highest BCUT2D eigenvalue weighted by atomic mass is 32.1. The predicted octanol–water partition coefficient (Wildman–Crippen LogP) is 6.84. The van der Waals surface area contributed by atoms with Crippen LogP contribution in [0.5, 0.6) is 0 Å². The molecule has 14 nitrogen and oxygen atoms in total. The number of ether oxygens (including phenoxy) is 2. The molecule has 328 valence electrons. The molecule has 0 spiro atoms. The molecule has 4 aromatic rings. The van der Waals surface area contributed by atoms with Gasteiger partial charge in [0.05, 0.1) is 58.1 Å². The Hall–Kier alpha value is -4.57. The number of hydrogen-bond acceptors (Lipinski definition) is 11. The van der Waals surface area contributed by atoms with Crippen molar-refractivity contribution in [3.8, 4) is 22.5 Å². The van der Waals surface area contributed by atoms with Crippen molar-refractivity contribution in [2.45, 2.75) is 117 Å². The molecule has 4 unspecified atom stereocenters. The molecule has 5 aliphatic heterocycles. The number of aromatic nitrogens is 3. The molecule has 0 saturated carbocycles. The van der Waals surface area contributed by atoms with Gasteiger partial charge in [-0.25, -0.2) is 15.2 Å². The lowest BCUT2D eigenvalue weighted by Crippen LogP contribution is -2.61. The first-order valence-electron chi connectivity index (χ1n) is 22.3. The Kier molecular flexibility index (Phi) is 12.7. The number of esters is 1. The number of H-pyrrole nitrogens is 1. The highest BCUT2D eigenvalue weighted by Crippen LogP contribution is 2.42. The summed E-state index contributed by atoms with van der Waals surface area (Å²) in [7, 11) is 1.72. The number of urea groups is 1. The van der Waals surface area contributed by atoms with Crippen LogP contribution in [-0.2, 0) is 38.4 Å². The first kappa shape index (κ1) is 43.1. The van der Waals surface area contributed by atoms with Crippen LogP contribution in [0.4, 0.5) is 10.5 Å². The second-order valence-electron chi connectivity index (χ2n) is 18.1. The summed E-state index contributed by atoms with van der Waals surface area (Å²) in [5.41, 5.74) is 10.4. The van der Waals surface area contributed by atoms with E-state index in [1.807, 2.05) is 20.0 Å². The van der Waals surface area contributed by atoms with Crippen molar-refractivity contribution in [1.82, 2.24) is 40.5 Å². The molecule has 15 heteroatoms. The van der Waals surface area contributed by atoms with Gasteiger partial charge < -0.3 is 29.6 Å². The van der Waals surface area contributed by atoms with Gasteiger partial charge in [-0.1, -0.05) is 40.2 Å². The van der Waals surface area contributed by atoms with Crippen molar-refractivity contribution in [3.05, 3.63) is 51.6 Å². The van der Waals surface area contributed by atoms with Gasteiger partial charge in [0.15, 0.2) is 0 Å². The first-order chi connectivity index (χ1) is 29.4. The average molecular weight is 854 g/mol. The van der Waals surface area contributed by atoms with Crippen molar-refractivity contribution in [3.63, 3.8) is 0 Å². The number of thiazole rings is 1. The number of pyridine rings is 1. The highest BCUT2D eigenvalue weighted by molar-refractivity contribution is 7.12. The van der Waals surface area contributed by atoms with Crippen LogP contribution in [0.15, 0.2) is 30.5 Å². The molecule has 3 saturated heterocycles. The smallest absolute Gasteiger partial charge is 0.324 e. The molecule has 1 aromatic carbocycles. The number of carbonyl (C=O) groups excluding carboxylic acids is 3. The summed E-state index contributed by atoms with van der Waals surface area (Å²) >= 11 is 1.55. The summed E-state index contributed by atoms with van der Waals surface area (Å²) in [6.07, 6.45) is 7.47. The second-order valence-corrected chi connectivity index (χ2v) is 19.3. The van der Waals surface area contributed by atoms with E-state index in [9.17, 15) is 14.4 Å². The molecule has 9 rings (SSSR count). The molecule has 3 amide bonds. The predicted molar refractivity (Wildman–Crippen MR) is 239 cm³/mol. The fourth-order valence-corrected chi connectivity index (χ4v) is 10.6. The van der Waals surface area contributed by atoms with Crippen LogP contribution in [0.25, 0.3) is 33.4 Å². The van der Waals surface area contributed by atoms with Gasteiger partial charge in [-0.05, 0) is 76.3 Å². The van der Waals surface area contributed by atoms with E-state index in [1.165, 1.54) is 30.8 Å². The Labute approximate surface area is 363 Å². The Balaban J connectivity index is 0.00000166. The summed E-state index contributed by atoms with van der Waals surface area (Å²) in [6, 6.07) is 7.42. The second kappa shape index (κ2) is 18.0. The topological polar surface area (TPSA) is 148 Å². The van der Waals surface area contributed by atoms with E-state index >= 15 is 0 Å². The number of anilines is 1. The molecule has 8 bridgehead atoms. The van der Waals surface area contributed by atoms with Gasteiger partial charge in [0.25, 0.3) is 5.91 Å². The van der Waals surface area contributed by atoms with Crippen LogP contribution < -0.4 is 15.6 Å². The average Bonchev–Trinajstić information content (AvgIpc) is 4.01. The Morgan fingerprint density at radius 3 is 2.62 bits per heavy atom. The largest absolute Gasteiger partial charge is 0.464 e. The SMILES string of the molecule is CCC.CCN1Cc2sc3nc2-c2ccc4[nH]c(-c5cc(N6CCN7CCCC7C6)cnc5C(C)OC)c(c4c2)CC(C)(C)COC(=O)C2CCCN(N2)C(=O)C(C3)NC1=O. The van der Waals surface area contributed by atoms with Gasteiger partial charge >= 0.3 is 12.0 Å². The summed E-state index contributed by atoms with van der Waals surface area (Å²) < 4.78 is 12.0. The molecule has 8 heterocycles. The van der Waals surface area contributed by atoms with Crippen molar-refractivity contribution in [1.29, 1.82) is 0 Å². The van der Waals surface area contributed by atoms with Crippen LogP contribution in [0.2, 0.25) is 0 Å². The van der Waals surface area contributed by atoms with E-state index in [0.717, 1.165) is 79.9 Å². The van der Waals surface area contributed by atoms with E-state index in [4.69, 9.17) is 19.4 Å². The maximum atomic E-state index is 14.1.